The van der Waals surface area contributed by atoms with Gasteiger partial charge in [0.1, 0.15) is 11.6 Å². The number of aromatic nitrogens is 1. The average molecular weight is 448 g/mol. The number of hydrogen-bond acceptors (Lipinski definition) is 6. The molecule has 2 atom stereocenters. The molecule has 0 bridgehead atoms. The van der Waals surface area contributed by atoms with Gasteiger partial charge in [-0.25, -0.2) is 13.4 Å². The number of alkyl halides is 3. The van der Waals surface area contributed by atoms with Gasteiger partial charge >= 0.3 is 6.18 Å². The number of ketones is 2. The molecule has 1 aliphatic carbocycles. The molecule has 0 saturated heterocycles. The number of aliphatic hydroxyl groups excluding tert-OH is 1. The van der Waals surface area contributed by atoms with Gasteiger partial charge in [0.05, 0.1) is 23.5 Å². The molecule has 1 saturated carbocycles. The monoisotopic (exact) mass is 448 g/mol. The van der Waals surface area contributed by atoms with E-state index in [1.54, 1.807) is 0 Å². The highest BCUT2D eigenvalue weighted by Gasteiger charge is 2.59. The van der Waals surface area contributed by atoms with Gasteiger partial charge in [0.15, 0.2) is 11.6 Å². The van der Waals surface area contributed by atoms with Crippen LogP contribution in [0.1, 0.15) is 49.4 Å². The molecule has 11 heteroatoms. The summed E-state index contributed by atoms with van der Waals surface area (Å²) in [5.41, 5.74) is -4.89. The summed E-state index contributed by atoms with van der Waals surface area (Å²) in [6.45, 7) is 6.92. The fourth-order valence-electron chi connectivity index (χ4n) is 3.77. The Morgan fingerprint density at radius 3 is 2.13 bits per heavy atom. The van der Waals surface area contributed by atoms with Crippen LogP contribution in [0.2, 0.25) is 0 Å². The van der Waals surface area contributed by atoms with Crippen LogP contribution in [0.3, 0.4) is 0 Å². The van der Waals surface area contributed by atoms with Crippen molar-refractivity contribution in [2.75, 3.05) is 6.26 Å². The summed E-state index contributed by atoms with van der Waals surface area (Å²) < 4.78 is 66.0. The Morgan fingerprint density at radius 2 is 1.70 bits per heavy atom. The third kappa shape index (κ3) is 4.18. The van der Waals surface area contributed by atoms with Crippen LogP contribution in [0.5, 0.6) is 0 Å². The smallest absolute Gasteiger partial charge is 0.391 e. The van der Waals surface area contributed by atoms with E-state index in [4.69, 9.17) is 0 Å². The van der Waals surface area contributed by atoms with Crippen molar-refractivity contribution >= 4 is 27.3 Å². The van der Waals surface area contributed by atoms with Crippen LogP contribution in [-0.2, 0) is 21.0 Å². The van der Waals surface area contributed by atoms with Gasteiger partial charge in [0.2, 0.25) is 10.0 Å². The van der Waals surface area contributed by atoms with Crippen LogP contribution >= 0.6 is 0 Å². The maximum Gasteiger partial charge on any atom is 0.433 e. The molecule has 7 nitrogen and oxygen atoms in total. The summed E-state index contributed by atoms with van der Waals surface area (Å²) in [6.07, 6.45) is -5.29. The maximum absolute atomic E-state index is 13.3. The Hall–Kier alpha value is -2.14. The number of aryl methyl sites for hydroxylation is 1. The normalized spacial score (nSPS) is 25.4. The third-order valence-electron chi connectivity index (χ3n) is 5.37. The molecule has 30 heavy (non-hydrogen) atoms. The molecule has 1 heterocycles. The minimum absolute atomic E-state index is 0.259. The molecule has 1 N–H and O–H groups in total. The van der Waals surface area contributed by atoms with E-state index in [1.807, 2.05) is 0 Å². The summed E-state index contributed by atoms with van der Waals surface area (Å²) in [7, 11) is -4.06. The number of rotatable bonds is 3. The van der Waals surface area contributed by atoms with Crippen LogP contribution in [-0.4, -0.2) is 48.1 Å². The first-order chi connectivity index (χ1) is 13.3. The number of sulfonamides is 1. The number of carbonyl (C=O) groups is 2. The van der Waals surface area contributed by atoms with Crippen LogP contribution < -0.4 is 0 Å². The van der Waals surface area contributed by atoms with Crippen molar-refractivity contribution in [2.24, 2.45) is 21.1 Å². The number of nitrogens with zero attached hydrogens (tertiary/aromatic N) is 2. The molecule has 1 aromatic heterocycles. The second-order valence-corrected chi connectivity index (χ2v) is 10.2. The van der Waals surface area contributed by atoms with Crippen molar-refractivity contribution < 1.29 is 36.3 Å². The van der Waals surface area contributed by atoms with Crippen LogP contribution in [0.4, 0.5) is 13.2 Å². The molecule has 2 unspecified atom stereocenters. The molecule has 1 aromatic rings. The van der Waals surface area contributed by atoms with E-state index in [1.165, 1.54) is 34.6 Å². The molecule has 0 aromatic carbocycles. The number of carbonyl (C=O) groups excluding carboxylic acids is 2. The third-order valence-corrected chi connectivity index (χ3v) is 5.89. The molecular weight excluding hydrogens is 425 g/mol. The average Bonchev–Trinajstić information content (AvgIpc) is 2.57. The molecule has 2 rings (SSSR count). The number of Topliss-reactive ketones (excluding diaryl/α,β-unsaturated/α-hetero) is 2. The first-order valence-electron chi connectivity index (χ1n) is 8.93. The Kier molecular flexibility index (Phi) is 5.81. The highest BCUT2D eigenvalue weighted by atomic mass is 32.2. The van der Waals surface area contributed by atoms with E-state index in [-0.39, 0.29) is 17.0 Å². The molecule has 0 amide bonds. The van der Waals surface area contributed by atoms with Gasteiger partial charge in [-0.3, -0.25) is 9.59 Å². The van der Waals surface area contributed by atoms with E-state index in [2.05, 4.69) is 9.38 Å². The predicted octanol–water partition coefficient (Wildman–Crippen LogP) is 2.60. The lowest BCUT2D eigenvalue weighted by Gasteiger charge is -2.48. The largest absolute Gasteiger partial charge is 0.433 e. The summed E-state index contributed by atoms with van der Waals surface area (Å²) >= 11 is 0. The first kappa shape index (κ1) is 24.1. The van der Waals surface area contributed by atoms with Crippen LogP contribution in [0.15, 0.2) is 16.5 Å². The Bertz CT molecular complexity index is 1040. The zero-order valence-corrected chi connectivity index (χ0v) is 18.1. The van der Waals surface area contributed by atoms with Gasteiger partial charge < -0.3 is 5.11 Å². The van der Waals surface area contributed by atoms with Crippen molar-refractivity contribution in [3.63, 3.8) is 0 Å². The van der Waals surface area contributed by atoms with E-state index < -0.39 is 56.3 Å². The van der Waals surface area contributed by atoms with Crippen LogP contribution in [0, 0.1) is 23.7 Å². The zero-order valence-electron chi connectivity index (χ0n) is 17.3. The molecular formula is C19H23F3N2O5S. The number of pyridine rings is 1. The van der Waals surface area contributed by atoms with Gasteiger partial charge in [0, 0.05) is 16.7 Å². The van der Waals surface area contributed by atoms with Crippen LogP contribution in [0.25, 0.3) is 0 Å². The Morgan fingerprint density at radius 1 is 1.17 bits per heavy atom. The van der Waals surface area contributed by atoms with Crippen molar-refractivity contribution in [3.05, 3.63) is 29.1 Å². The Balaban J connectivity index is 2.73. The minimum Gasteiger partial charge on any atom is -0.391 e. The number of halogens is 3. The molecule has 0 aliphatic heterocycles. The second-order valence-electron chi connectivity index (χ2n) is 8.54. The van der Waals surface area contributed by atoms with Gasteiger partial charge in [-0.1, -0.05) is 27.7 Å². The quantitative estimate of drug-likeness (QED) is 0.562. The summed E-state index contributed by atoms with van der Waals surface area (Å²) in [4.78, 5) is 29.8. The van der Waals surface area contributed by atoms with E-state index in [0.29, 0.717) is 6.07 Å². The fraction of sp³-hybridized carbons (Fsp3) is 0.579. The summed E-state index contributed by atoms with van der Waals surface area (Å²) in [6, 6.07) is 1.52. The lowest BCUT2D eigenvalue weighted by molar-refractivity contribution is -0.142. The SMILES string of the molecule is Cc1nc(C(F)(F)F)ccc1C(=O)C1C(=O)C(C)(C)C(O)C(C)(C)C1=NS(C)(=O)=O. The standard InChI is InChI=1S/C19H23F3N2O5S/c1-9-10(7-8-11(23-9)19(20,21)22)13(25)12-14(24-30(6,28)29)17(2,3)16(27)18(4,5)15(12)26/h7-8,12,16,27H,1-6H3. The van der Waals surface area contributed by atoms with Crippen molar-refractivity contribution in [1.29, 1.82) is 0 Å². The van der Waals surface area contributed by atoms with Gasteiger partial charge in [-0.2, -0.15) is 17.6 Å². The molecule has 0 radical (unpaired) electrons. The van der Waals surface area contributed by atoms with Gasteiger partial charge in [0.25, 0.3) is 0 Å². The molecule has 166 valence electrons. The second kappa shape index (κ2) is 7.23. The van der Waals surface area contributed by atoms with Crippen molar-refractivity contribution in [2.45, 2.75) is 46.9 Å². The lowest BCUT2D eigenvalue weighted by Crippen LogP contribution is -2.61. The van der Waals surface area contributed by atoms with Crippen molar-refractivity contribution in [1.82, 2.24) is 4.98 Å². The molecule has 0 spiro atoms. The van der Waals surface area contributed by atoms with Crippen molar-refractivity contribution in [3.8, 4) is 0 Å². The Labute approximate surface area is 172 Å². The zero-order chi connectivity index (χ0) is 23.4. The lowest BCUT2D eigenvalue weighted by atomic mass is 9.56. The van der Waals surface area contributed by atoms with E-state index in [0.717, 1.165) is 12.3 Å². The number of hydrogen-bond donors (Lipinski definition) is 1. The minimum atomic E-state index is -4.72. The summed E-state index contributed by atoms with van der Waals surface area (Å²) in [5.74, 6) is -3.39. The van der Waals surface area contributed by atoms with E-state index >= 15 is 0 Å². The van der Waals surface area contributed by atoms with E-state index in [9.17, 15) is 36.3 Å². The fourth-order valence-corrected chi connectivity index (χ4v) is 4.47. The van der Waals surface area contributed by atoms with Gasteiger partial charge in [-0.05, 0) is 19.1 Å². The highest BCUT2D eigenvalue weighted by Crippen LogP contribution is 2.46. The summed E-state index contributed by atoms with van der Waals surface area (Å²) in [5, 5.41) is 10.7. The molecule has 1 fully saturated rings. The molecule has 1 aliphatic rings. The first-order valence-corrected chi connectivity index (χ1v) is 10.8. The number of aliphatic hydroxyl groups is 1. The predicted molar refractivity (Wildman–Crippen MR) is 103 cm³/mol. The van der Waals surface area contributed by atoms with Gasteiger partial charge in [-0.15, -0.1) is 0 Å². The maximum atomic E-state index is 13.3. The topological polar surface area (TPSA) is 114 Å². The highest BCUT2D eigenvalue weighted by molar-refractivity contribution is 7.89.